The van der Waals surface area contributed by atoms with Crippen molar-refractivity contribution < 1.29 is 4.42 Å². The molecular weight excluding hydrogens is 885 g/mol. The van der Waals surface area contributed by atoms with Crippen LogP contribution in [0.5, 0.6) is 0 Å². The second-order valence-electron chi connectivity index (χ2n) is 20.4. The third-order valence-corrected chi connectivity index (χ3v) is 16.3. The molecule has 3 heteroatoms. The van der Waals surface area contributed by atoms with Gasteiger partial charge < -0.3 is 13.9 Å². The molecule has 2 aliphatic rings. The number of nitrogens with zero attached hydrogens (tertiary/aromatic N) is 2. The van der Waals surface area contributed by atoms with Crippen LogP contribution >= 0.6 is 0 Å². The van der Waals surface area contributed by atoms with Crippen LogP contribution in [0, 0.1) is 0 Å². The van der Waals surface area contributed by atoms with E-state index < -0.39 is 5.41 Å². The summed E-state index contributed by atoms with van der Waals surface area (Å²) in [5.41, 5.74) is 23.2. The van der Waals surface area contributed by atoms with Crippen molar-refractivity contribution in [2.45, 2.75) is 24.7 Å². The summed E-state index contributed by atoms with van der Waals surface area (Å²) in [6.07, 6.45) is 0. The molecule has 11 aromatic carbocycles. The highest BCUT2D eigenvalue weighted by molar-refractivity contribution is 6.11. The Morgan fingerprint density at radius 3 is 1.62 bits per heavy atom. The van der Waals surface area contributed by atoms with Gasteiger partial charge in [-0.3, -0.25) is 0 Å². The normalized spacial score (nSPS) is 13.8. The molecule has 0 spiro atoms. The molecule has 2 aromatic heterocycles. The molecule has 0 saturated heterocycles. The van der Waals surface area contributed by atoms with Gasteiger partial charge >= 0.3 is 0 Å². The Bertz CT molecular complexity index is 4300. The molecular formula is C70H48N2O. The quantitative estimate of drug-likeness (QED) is 0.159. The molecule has 3 nitrogen and oxygen atoms in total. The number of hydrogen-bond acceptors (Lipinski definition) is 2. The zero-order valence-corrected chi connectivity index (χ0v) is 40.6. The van der Waals surface area contributed by atoms with Crippen LogP contribution in [0.4, 0.5) is 17.1 Å². The van der Waals surface area contributed by atoms with E-state index in [9.17, 15) is 0 Å². The van der Waals surface area contributed by atoms with E-state index in [0.29, 0.717) is 0 Å². The maximum atomic E-state index is 6.50. The number of furan rings is 1. The third kappa shape index (κ3) is 6.00. The van der Waals surface area contributed by atoms with Crippen LogP contribution in [0.25, 0.3) is 82.8 Å². The standard InChI is InChI=1S/C70H48N2O/c1-69(2)61-25-13-9-21-53(61)56-37-35-51(43-64(56)69)71(52-36-38-58-57-24-12-16-28-67(57)73-68(58)44-52)50-33-29-45(30-34-50)46-31-39-65-59(41-46)60-42-48(32-40-66(60)72(65)49-19-7-4-8-20-49)70(47-17-5-3-6-18-47)62-26-14-10-22-54(62)55-23-11-15-27-63(55)70/h3-44H,1-2H3. The van der Waals surface area contributed by atoms with Crippen molar-refractivity contribution in [1.29, 1.82) is 0 Å². The van der Waals surface area contributed by atoms with Gasteiger partial charge in [-0.1, -0.05) is 184 Å². The summed E-state index contributed by atoms with van der Waals surface area (Å²) in [5.74, 6) is 0. The number of hydrogen-bond donors (Lipinski definition) is 0. The zero-order chi connectivity index (χ0) is 48.4. The lowest BCUT2D eigenvalue weighted by atomic mass is 9.67. The highest BCUT2D eigenvalue weighted by Crippen LogP contribution is 2.57. The fourth-order valence-corrected chi connectivity index (χ4v) is 12.9. The summed E-state index contributed by atoms with van der Waals surface area (Å²) in [6, 6.07) is 94.1. The van der Waals surface area contributed by atoms with Crippen molar-refractivity contribution in [1.82, 2.24) is 4.57 Å². The van der Waals surface area contributed by atoms with Crippen LogP contribution in [0.1, 0.15) is 47.2 Å². The predicted molar refractivity (Wildman–Crippen MR) is 303 cm³/mol. The molecule has 0 fully saturated rings. The number of para-hydroxylation sites is 2. The summed E-state index contributed by atoms with van der Waals surface area (Å²) in [5, 5.41) is 4.68. The molecule has 2 aliphatic carbocycles. The Morgan fingerprint density at radius 1 is 0.342 bits per heavy atom. The van der Waals surface area contributed by atoms with Gasteiger partial charge in [0, 0.05) is 55.8 Å². The monoisotopic (exact) mass is 932 g/mol. The van der Waals surface area contributed by atoms with Crippen LogP contribution in [0.15, 0.2) is 259 Å². The highest BCUT2D eigenvalue weighted by atomic mass is 16.3. The minimum absolute atomic E-state index is 0.141. The molecule has 0 radical (unpaired) electrons. The first-order valence-electron chi connectivity index (χ1n) is 25.4. The zero-order valence-electron chi connectivity index (χ0n) is 40.6. The number of rotatable bonds is 7. The first-order chi connectivity index (χ1) is 35.9. The van der Waals surface area contributed by atoms with Gasteiger partial charge in [0.25, 0.3) is 0 Å². The summed E-state index contributed by atoms with van der Waals surface area (Å²) in [7, 11) is 0. The molecule has 15 rings (SSSR count). The lowest BCUT2D eigenvalue weighted by Crippen LogP contribution is -2.28. The van der Waals surface area contributed by atoms with Gasteiger partial charge in [0.05, 0.1) is 16.4 Å². The predicted octanol–water partition coefficient (Wildman–Crippen LogP) is 18.5. The summed E-state index contributed by atoms with van der Waals surface area (Å²) >= 11 is 0. The Labute approximate surface area is 424 Å². The number of benzene rings is 11. The average Bonchev–Trinajstić information content (AvgIpc) is 4.16. The van der Waals surface area contributed by atoms with Crippen LogP contribution in [-0.4, -0.2) is 4.57 Å². The lowest BCUT2D eigenvalue weighted by molar-refractivity contribution is 0.660. The Morgan fingerprint density at radius 2 is 0.877 bits per heavy atom. The van der Waals surface area contributed by atoms with Gasteiger partial charge in [-0.25, -0.2) is 0 Å². The second kappa shape index (κ2) is 15.7. The van der Waals surface area contributed by atoms with Gasteiger partial charge in [-0.15, -0.1) is 0 Å². The minimum Gasteiger partial charge on any atom is -0.456 e. The maximum absolute atomic E-state index is 6.50. The molecule has 0 bridgehead atoms. The highest BCUT2D eigenvalue weighted by Gasteiger charge is 2.46. The second-order valence-corrected chi connectivity index (χ2v) is 20.4. The molecule has 0 amide bonds. The largest absolute Gasteiger partial charge is 0.456 e. The van der Waals surface area contributed by atoms with E-state index in [1.807, 2.05) is 6.07 Å². The van der Waals surface area contributed by atoms with Gasteiger partial charge in [-0.2, -0.15) is 0 Å². The van der Waals surface area contributed by atoms with Crippen molar-refractivity contribution in [3.63, 3.8) is 0 Å². The number of anilines is 3. The van der Waals surface area contributed by atoms with E-state index in [1.165, 1.54) is 77.4 Å². The maximum Gasteiger partial charge on any atom is 0.137 e. The molecule has 0 saturated carbocycles. The fraction of sp³-hybridized carbons (Fsp3) is 0.0571. The van der Waals surface area contributed by atoms with E-state index in [0.717, 1.165) is 55.8 Å². The van der Waals surface area contributed by atoms with E-state index in [1.54, 1.807) is 0 Å². The van der Waals surface area contributed by atoms with Crippen LogP contribution in [-0.2, 0) is 10.8 Å². The Kier molecular flexibility index (Phi) is 8.92. The van der Waals surface area contributed by atoms with E-state index >= 15 is 0 Å². The number of aromatic nitrogens is 1. The average molecular weight is 933 g/mol. The minimum atomic E-state index is -0.503. The van der Waals surface area contributed by atoms with Crippen molar-refractivity contribution in [2.75, 3.05) is 4.90 Å². The van der Waals surface area contributed by atoms with Crippen molar-refractivity contribution in [3.05, 3.63) is 288 Å². The van der Waals surface area contributed by atoms with Crippen molar-refractivity contribution in [3.8, 4) is 39.1 Å². The van der Waals surface area contributed by atoms with Crippen molar-refractivity contribution >= 4 is 60.8 Å². The molecule has 73 heavy (non-hydrogen) atoms. The molecule has 344 valence electrons. The van der Waals surface area contributed by atoms with Crippen LogP contribution in [0.3, 0.4) is 0 Å². The fourth-order valence-electron chi connectivity index (χ4n) is 12.9. The van der Waals surface area contributed by atoms with Crippen LogP contribution < -0.4 is 4.90 Å². The van der Waals surface area contributed by atoms with Crippen LogP contribution in [0.2, 0.25) is 0 Å². The topological polar surface area (TPSA) is 21.3 Å². The van der Waals surface area contributed by atoms with E-state index in [2.05, 4.69) is 272 Å². The summed E-state index contributed by atoms with van der Waals surface area (Å²) in [4.78, 5) is 2.38. The van der Waals surface area contributed by atoms with Gasteiger partial charge in [0.2, 0.25) is 0 Å². The molecule has 0 N–H and O–H groups in total. The van der Waals surface area contributed by atoms with E-state index in [4.69, 9.17) is 4.42 Å². The molecule has 0 atom stereocenters. The van der Waals surface area contributed by atoms with E-state index in [-0.39, 0.29) is 5.41 Å². The molecule has 0 unspecified atom stereocenters. The Balaban J connectivity index is 0.895. The van der Waals surface area contributed by atoms with Crippen molar-refractivity contribution in [2.24, 2.45) is 0 Å². The first kappa shape index (κ1) is 41.6. The van der Waals surface area contributed by atoms with Gasteiger partial charge in [-0.05, 0) is 146 Å². The first-order valence-corrected chi connectivity index (χ1v) is 25.4. The third-order valence-electron chi connectivity index (χ3n) is 16.3. The lowest BCUT2D eigenvalue weighted by Gasteiger charge is -2.34. The SMILES string of the molecule is CC1(C)c2ccccc2-c2ccc(N(c3ccc(-c4ccc5c(c4)c4cc(C6(c7ccccc7)c7ccccc7-c7ccccc76)ccc4n5-c4ccccc4)cc3)c3ccc4c(c3)oc3ccccc34)cc21. The summed E-state index contributed by atoms with van der Waals surface area (Å²) in [6.45, 7) is 4.70. The van der Waals surface area contributed by atoms with Gasteiger partial charge in [0.15, 0.2) is 0 Å². The Hall–Kier alpha value is -9.18. The number of fused-ring (bicyclic) bond motifs is 12. The molecule has 2 heterocycles. The summed E-state index contributed by atoms with van der Waals surface area (Å²) < 4.78 is 8.93. The van der Waals surface area contributed by atoms with Gasteiger partial charge in [0.1, 0.15) is 11.2 Å². The molecule has 13 aromatic rings. The smallest absolute Gasteiger partial charge is 0.137 e. The molecule has 0 aliphatic heterocycles.